The van der Waals surface area contributed by atoms with E-state index in [4.69, 9.17) is 22.1 Å². The first kappa shape index (κ1) is 22.8. The monoisotopic (exact) mass is 509 g/mol. The van der Waals surface area contributed by atoms with Crippen LogP contribution >= 0.6 is 24.0 Å². The molecule has 0 aliphatic carbocycles. The van der Waals surface area contributed by atoms with E-state index in [1.165, 1.54) is 17.3 Å². The number of nitrogens with zero attached hydrogens (tertiary/aromatic N) is 3. The molecule has 4 aromatic rings. The Morgan fingerprint density at radius 1 is 1.08 bits per heavy atom. The minimum absolute atomic E-state index is 0.0801. The minimum atomic E-state index is -0.0801. The van der Waals surface area contributed by atoms with Gasteiger partial charge in [0, 0.05) is 23.7 Å². The third-order valence-corrected chi connectivity index (χ3v) is 7.65. The Kier molecular flexibility index (Phi) is 5.95. The average molecular weight is 510 g/mol. The van der Waals surface area contributed by atoms with Gasteiger partial charge in [-0.05, 0) is 54.5 Å². The summed E-state index contributed by atoms with van der Waals surface area (Å²) in [6, 6.07) is 26.1. The summed E-state index contributed by atoms with van der Waals surface area (Å²) in [4.78, 5) is 15.6. The van der Waals surface area contributed by atoms with Crippen molar-refractivity contribution in [2.45, 2.75) is 26.0 Å². The number of benzene rings is 3. The summed E-state index contributed by atoms with van der Waals surface area (Å²) in [5.41, 5.74) is 5.84. The molecule has 2 aliphatic rings. The summed E-state index contributed by atoms with van der Waals surface area (Å²) in [6.07, 6.45) is 4.93. The van der Waals surface area contributed by atoms with E-state index in [9.17, 15) is 4.79 Å². The van der Waals surface area contributed by atoms with Crippen LogP contribution < -0.4 is 4.74 Å². The number of fused-ring (bicyclic) bond motifs is 1. The molecule has 1 aromatic heterocycles. The van der Waals surface area contributed by atoms with Crippen molar-refractivity contribution in [3.63, 3.8) is 0 Å². The maximum Gasteiger partial charge on any atom is 0.266 e. The molecule has 0 radical (unpaired) electrons. The summed E-state index contributed by atoms with van der Waals surface area (Å²) in [5.74, 6) is 0.848. The molecule has 1 saturated heterocycles. The fourth-order valence-electron chi connectivity index (χ4n) is 4.54. The van der Waals surface area contributed by atoms with Gasteiger partial charge in [0.15, 0.2) is 0 Å². The first-order valence-corrected chi connectivity index (χ1v) is 13.0. The zero-order valence-corrected chi connectivity index (χ0v) is 21.3. The number of hydrogen-bond donors (Lipinski definition) is 0. The molecule has 2 aliphatic heterocycles. The van der Waals surface area contributed by atoms with E-state index >= 15 is 0 Å². The highest BCUT2D eigenvalue weighted by molar-refractivity contribution is 8.26. The van der Waals surface area contributed by atoms with Crippen LogP contribution in [0.3, 0.4) is 0 Å². The molecule has 1 amide bonds. The summed E-state index contributed by atoms with van der Waals surface area (Å²) in [6.45, 7) is 2.54. The highest BCUT2D eigenvalue weighted by Gasteiger charge is 2.32. The molecule has 5 nitrogen and oxygen atoms in total. The van der Waals surface area contributed by atoms with E-state index in [1.54, 1.807) is 4.90 Å². The van der Waals surface area contributed by atoms with Gasteiger partial charge in [0.05, 0.1) is 17.1 Å². The van der Waals surface area contributed by atoms with Crippen LogP contribution in [0.4, 0.5) is 0 Å². The number of carbonyl (C=O) groups is 1. The number of hydrogen-bond acceptors (Lipinski definition) is 5. The second-order valence-electron chi connectivity index (χ2n) is 8.92. The molecule has 0 bridgehead atoms. The topological polar surface area (TPSA) is 47.4 Å². The number of amides is 1. The molecule has 6 rings (SSSR count). The van der Waals surface area contributed by atoms with Crippen LogP contribution in [-0.4, -0.2) is 31.0 Å². The predicted octanol–water partition coefficient (Wildman–Crippen LogP) is 6.26. The van der Waals surface area contributed by atoms with Crippen molar-refractivity contribution < 1.29 is 9.53 Å². The summed E-state index contributed by atoms with van der Waals surface area (Å²) >= 11 is 6.91. The zero-order chi connectivity index (χ0) is 24.6. The minimum Gasteiger partial charge on any atom is -0.490 e. The van der Waals surface area contributed by atoms with Gasteiger partial charge in [0.1, 0.15) is 21.9 Å². The van der Waals surface area contributed by atoms with Gasteiger partial charge in [-0.25, -0.2) is 4.68 Å². The van der Waals surface area contributed by atoms with Gasteiger partial charge >= 0.3 is 0 Å². The molecule has 36 heavy (non-hydrogen) atoms. The summed E-state index contributed by atoms with van der Waals surface area (Å²) in [7, 11) is 0. The van der Waals surface area contributed by atoms with Crippen LogP contribution in [0.1, 0.15) is 23.6 Å². The smallest absolute Gasteiger partial charge is 0.266 e. The normalized spacial score (nSPS) is 18.1. The van der Waals surface area contributed by atoms with E-state index in [-0.39, 0.29) is 12.0 Å². The van der Waals surface area contributed by atoms with Crippen molar-refractivity contribution in [3.8, 4) is 22.7 Å². The van der Waals surface area contributed by atoms with Gasteiger partial charge in [-0.3, -0.25) is 9.69 Å². The molecule has 0 N–H and O–H groups in total. The van der Waals surface area contributed by atoms with Gasteiger partial charge in [0.2, 0.25) is 0 Å². The molecule has 3 aromatic carbocycles. The van der Waals surface area contributed by atoms with Crippen LogP contribution in [0.2, 0.25) is 0 Å². The van der Waals surface area contributed by atoms with E-state index < -0.39 is 0 Å². The Labute approximate surface area is 219 Å². The Hall–Kier alpha value is -3.68. The number of ether oxygens (including phenoxy) is 1. The van der Waals surface area contributed by atoms with Gasteiger partial charge in [-0.15, -0.1) is 0 Å². The second-order valence-corrected chi connectivity index (χ2v) is 10.6. The zero-order valence-electron chi connectivity index (χ0n) is 19.6. The number of thioether (sulfide) groups is 1. The van der Waals surface area contributed by atoms with Crippen molar-refractivity contribution in [1.29, 1.82) is 0 Å². The number of rotatable bonds is 5. The maximum atomic E-state index is 13.3. The lowest BCUT2D eigenvalue weighted by Gasteiger charge is -2.14. The van der Waals surface area contributed by atoms with Gasteiger partial charge in [-0.2, -0.15) is 5.10 Å². The number of thiocarbonyl (C=S) groups is 1. The van der Waals surface area contributed by atoms with Crippen LogP contribution in [0.5, 0.6) is 5.75 Å². The van der Waals surface area contributed by atoms with Crippen LogP contribution in [0.25, 0.3) is 23.0 Å². The van der Waals surface area contributed by atoms with Crippen molar-refractivity contribution >= 4 is 40.3 Å². The van der Waals surface area contributed by atoms with Crippen molar-refractivity contribution in [1.82, 2.24) is 14.7 Å². The molecule has 7 heteroatoms. The van der Waals surface area contributed by atoms with Crippen LogP contribution in [0, 0.1) is 0 Å². The summed E-state index contributed by atoms with van der Waals surface area (Å²) in [5, 5.41) is 4.93. The highest BCUT2D eigenvalue weighted by atomic mass is 32.2. The van der Waals surface area contributed by atoms with Crippen molar-refractivity contribution in [2.24, 2.45) is 0 Å². The highest BCUT2D eigenvalue weighted by Crippen LogP contribution is 2.37. The third kappa shape index (κ3) is 4.36. The Balaban J connectivity index is 1.39. The largest absolute Gasteiger partial charge is 0.490 e. The first-order valence-electron chi connectivity index (χ1n) is 11.8. The van der Waals surface area contributed by atoms with Crippen LogP contribution in [0.15, 0.2) is 90.0 Å². The molecule has 1 fully saturated rings. The molecule has 178 valence electrons. The molecule has 0 saturated carbocycles. The predicted molar refractivity (Wildman–Crippen MR) is 148 cm³/mol. The fourth-order valence-corrected chi connectivity index (χ4v) is 5.79. The van der Waals surface area contributed by atoms with Gasteiger partial charge in [-0.1, -0.05) is 72.5 Å². The SMILES string of the molecule is C[C@@H]1Cc2cc(-c3nn(-c4ccccc4)cc3/C=C3\SC(=S)N(Cc4ccccc4)C3=O)ccc2O1. The Bertz CT molecular complexity index is 1500. The molecule has 0 spiro atoms. The Morgan fingerprint density at radius 3 is 2.61 bits per heavy atom. The lowest BCUT2D eigenvalue weighted by Crippen LogP contribution is -2.27. The fraction of sp³-hybridized carbons (Fsp3) is 0.138. The third-order valence-electron chi connectivity index (χ3n) is 6.28. The van der Waals surface area contributed by atoms with E-state index in [1.807, 2.05) is 89.8 Å². The standard InChI is InChI=1S/C29H23N3O2S2/c1-19-14-22-15-21(12-13-25(22)34-19)27-23(18-32(30-27)24-10-6-3-7-11-24)16-26-28(33)31(29(35)36-26)17-20-8-4-2-5-9-20/h2-13,15-16,18-19H,14,17H2,1H3/b26-16-/t19-/m1/s1. The lowest BCUT2D eigenvalue weighted by atomic mass is 10.0. The van der Waals surface area contributed by atoms with Crippen LogP contribution in [-0.2, 0) is 17.8 Å². The molecule has 0 unspecified atom stereocenters. The second kappa shape index (κ2) is 9.41. The Morgan fingerprint density at radius 2 is 1.83 bits per heavy atom. The molecule has 3 heterocycles. The maximum absolute atomic E-state index is 13.3. The average Bonchev–Trinajstić information content (AvgIpc) is 3.56. The van der Waals surface area contributed by atoms with Crippen molar-refractivity contribution in [3.05, 3.63) is 107 Å². The van der Waals surface area contributed by atoms with Crippen molar-refractivity contribution in [2.75, 3.05) is 0 Å². The lowest BCUT2D eigenvalue weighted by molar-refractivity contribution is -0.122. The molecular weight excluding hydrogens is 486 g/mol. The molecule has 1 atom stereocenters. The quantitative estimate of drug-likeness (QED) is 0.235. The van der Waals surface area contributed by atoms with Gasteiger partial charge < -0.3 is 4.74 Å². The number of para-hydroxylation sites is 1. The van der Waals surface area contributed by atoms with E-state index in [0.717, 1.165) is 40.2 Å². The molecular formula is C29H23N3O2S2. The van der Waals surface area contributed by atoms with E-state index in [2.05, 4.69) is 13.0 Å². The number of carbonyl (C=O) groups excluding carboxylic acids is 1. The van der Waals surface area contributed by atoms with Gasteiger partial charge in [0.25, 0.3) is 5.91 Å². The summed E-state index contributed by atoms with van der Waals surface area (Å²) < 4.78 is 8.32. The number of aromatic nitrogens is 2. The first-order chi connectivity index (χ1) is 17.5. The van der Waals surface area contributed by atoms with E-state index in [0.29, 0.717) is 15.8 Å².